The summed E-state index contributed by atoms with van der Waals surface area (Å²) in [5.74, 6) is 0.842. The van der Waals surface area contributed by atoms with Gasteiger partial charge in [0.2, 0.25) is 0 Å². The molecule has 2 heterocycles. The first kappa shape index (κ1) is 20.4. The third-order valence-corrected chi connectivity index (χ3v) is 6.79. The van der Waals surface area contributed by atoms with Crippen LogP contribution in [0.15, 0.2) is 24.3 Å². The zero-order valence-electron chi connectivity index (χ0n) is 16.8. The van der Waals surface area contributed by atoms with Gasteiger partial charge in [-0.3, -0.25) is 4.79 Å². The van der Waals surface area contributed by atoms with Gasteiger partial charge < -0.3 is 19.9 Å². The zero-order valence-corrected chi connectivity index (χ0v) is 17.6. The standard InChI is InChI=1S/C21H29ClN4O3/c22-17-4-6-18(7-5-17)29-15-14-24-10-12-25(13-11-24)16-26-19(27)21(23-20(26)28)8-2-1-3-9-21/h4-7H,1-3,8-16H2,(H,23,28)/p+2. The first-order chi connectivity index (χ1) is 14.1. The van der Waals surface area contributed by atoms with E-state index >= 15 is 0 Å². The normalized spacial score (nSPS) is 26.6. The Morgan fingerprint density at radius 3 is 2.34 bits per heavy atom. The zero-order chi connectivity index (χ0) is 20.3. The Balaban J connectivity index is 1.20. The fourth-order valence-electron chi connectivity index (χ4n) is 4.75. The highest BCUT2D eigenvalue weighted by Gasteiger charge is 2.52. The van der Waals surface area contributed by atoms with E-state index in [9.17, 15) is 9.59 Å². The SMILES string of the molecule is O=C1NC2(CCCCC2)C(=O)N1C[NH+]1CC[NH+](CCOc2ccc(Cl)cc2)CC1. The molecule has 1 aromatic rings. The molecule has 0 unspecified atom stereocenters. The summed E-state index contributed by atoms with van der Waals surface area (Å²) in [5.41, 5.74) is -0.610. The number of nitrogens with zero attached hydrogens (tertiary/aromatic N) is 1. The first-order valence-electron chi connectivity index (χ1n) is 10.8. The van der Waals surface area contributed by atoms with Crippen LogP contribution in [0.2, 0.25) is 5.02 Å². The number of ether oxygens (including phenoxy) is 1. The molecule has 1 saturated carbocycles. The van der Waals surface area contributed by atoms with Crippen LogP contribution in [0.1, 0.15) is 32.1 Å². The van der Waals surface area contributed by atoms with E-state index in [1.807, 2.05) is 24.3 Å². The number of amides is 3. The smallest absolute Gasteiger partial charge is 0.329 e. The average Bonchev–Trinajstić information content (AvgIpc) is 2.95. The minimum Gasteiger partial charge on any atom is -0.488 e. The molecule has 0 aromatic heterocycles. The fourth-order valence-corrected chi connectivity index (χ4v) is 4.87. The van der Waals surface area contributed by atoms with Gasteiger partial charge in [-0.15, -0.1) is 0 Å². The lowest BCUT2D eigenvalue weighted by Gasteiger charge is -2.32. The van der Waals surface area contributed by atoms with Gasteiger partial charge >= 0.3 is 6.03 Å². The average molecular weight is 423 g/mol. The Morgan fingerprint density at radius 1 is 1.00 bits per heavy atom. The minimum absolute atomic E-state index is 0.000779. The number of quaternary nitrogens is 2. The molecule has 1 aromatic carbocycles. The minimum atomic E-state index is -0.610. The molecule has 0 radical (unpaired) electrons. The van der Waals surface area contributed by atoms with Crippen LogP contribution in [0.4, 0.5) is 4.79 Å². The van der Waals surface area contributed by atoms with Crippen molar-refractivity contribution in [2.75, 3.05) is 46.0 Å². The molecule has 2 saturated heterocycles. The van der Waals surface area contributed by atoms with E-state index in [2.05, 4.69) is 5.32 Å². The second-order valence-corrected chi connectivity index (χ2v) is 8.95. The van der Waals surface area contributed by atoms with Gasteiger partial charge in [-0.05, 0) is 37.1 Å². The molecule has 8 heteroatoms. The number of halogens is 1. The summed E-state index contributed by atoms with van der Waals surface area (Å²) >= 11 is 5.89. The third kappa shape index (κ3) is 4.68. The highest BCUT2D eigenvalue weighted by molar-refractivity contribution is 6.30. The van der Waals surface area contributed by atoms with Crippen molar-refractivity contribution in [3.8, 4) is 5.75 Å². The predicted octanol–water partition coefficient (Wildman–Crippen LogP) is -0.286. The van der Waals surface area contributed by atoms with Gasteiger partial charge in [-0.1, -0.05) is 30.9 Å². The van der Waals surface area contributed by atoms with E-state index in [-0.39, 0.29) is 11.9 Å². The molecule has 158 valence electrons. The Kier molecular flexibility index (Phi) is 6.27. The molecule has 3 fully saturated rings. The Bertz CT molecular complexity index is 728. The molecule has 1 aliphatic carbocycles. The van der Waals surface area contributed by atoms with E-state index in [1.54, 1.807) is 0 Å². The van der Waals surface area contributed by atoms with Gasteiger partial charge in [0.05, 0.1) is 0 Å². The maximum atomic E-state index is 12.9. The Labute approximate surface area is 176 Å². The van der Waals surface area contributed by atoms with Crippen molar-refractivity contribution in [1.82, 2.24) is 10.2 Å². The highest BCUT2D eigenvalue weighted by atomic mass is 35.5. The molecular formula is C21H31ClN4O3+2. The Morgan fingerprint density at radius 2 is 1.66 bits per heavy atom. The highest BCUT2D eigenvalue weighted by Crippen LogP contribution is 2.33. The largest absolute Gasteiger partial charge is 0.488 e. The van der Waals surface area contributed by atoms with Crippen molar-refractivity contribution in [3.05, 3.63) is 29.3 Å². The molecular weight excluding hydrogens is 392 g/mol. The number of piperazine rings is 1. The van der Waals surface area contributed by atoms with Crippen molar-refractivity contribution < 1.29 is 24.1 Å². The van der Waals surface area contributed by atoms with Crippen molar-refractivity contribution >= 4 is 23.5 Å². The molecule has 4 rings (SSSR count). The number of hydrogen-bond acceptors (Lipinski definition) is 3. The molecule has 0 bridgehead atoms. The number of rotatable bonds is 6. The topological polar surface area (TPSA) is 67.5 Å². The lowest BCUT2D eigenvalue weighted by Crippen LogP contribution is -3.28. The number of urea groups is 1. The third-order valence-electron chi connectivity index (χ3n) is 6.54. The fraction of sp³-hybridized carbons (Fsp3) is 0.619. The van der Waals surface area contributed by atoms with Crippen molar-refractivity contribution in [1.29, 1.82) is 0 Å². The van der Waals surface area contributed by atoms with Crippen LogP contribution in [-0.2, 0) is 4.79 Å². The number of benzene rings is 1. The summed E-state index contributed by atoms with van der Waals surface area (Å²) in [6.45, 7) is 6.06. The number of nitrogens with one attached hydrogen (secondary N) is 3. The van der Waals surface area contributed by atoms with Gasteiger partial charge in [0.25, 0.3) is 5.91 Å². The monoisotopic (exact) mass is 422 g/mol. The van der Waals surface area contributed by atoms with E-state index < -0.39 is 5.54 Å². The summed E-state index contributed by atoms with van der Waals surface area (Å²) in [7, 11) is 0. The molecule has 7 nitrogen and oxygen atoms in total. The van der Waals surface area contributed by atoms with Gasteiger partial charge in [-0.2, -0.15) is 0 Å². The second kappa shape index (κ2) is 8.90. The summed E-state index contributed by atoms with van der Waals surface area (Å²) < 4.78 is 5.80. The van der Waals surface area contributed by atoms with Crippen LogP contribution in [0.3, 0.4) is 0 Å². The van der Waals surface area contributed by atoms with Gasteiger partial charge in [0.1, 0.15) is 50.6 Å². The van der Waals surface area contributed by atoms with Crippen LogP contribution in [-0.4, -0.2) is 68.4 Å². The van der Waals surface area contributed by atoms with Crippen LogP contribution >= 0.6 is 11.6 Å². The quantitative estimate of drug-likeness (QED) is 0.552. The lowest BCUT2D eigenvalue weighted by atomic mass is 9.82. The van der Waals surface area contributed by atoms with Crippen LogP contribution in [0.25, 0.3) is 0 Å². The van der Waals surface area contributed by atoms with Crippen molar-refractivity contribution in [2.45, 2.75) is 37.6 Å². The van der Waals surface area contributed by atoms with Crippen LogP contribution < -0.4 is 19.9 Å². The molecule has 3 N–H and O–H groups in total. The predicted molar refractivity (Wildman–Crippen MR) is 109 cm³/mol. The maximum absolute atomic E-state index is 12.9. The molecule has 3 aliphatic rings. The van der Waals surface area contributed by atoms with E-state index in [1.165, 1.54) is 14.7 Å². The second-order valence-electron chi connectivity index (χ2n) is 8.52. The molecule has 1 spiro atoms. The lowest BCUT2D eigenvalue weighted by molar-refractivity contribution is -1.01. The molecule has 0 atom stereocenters. The van der Waals surface area contributed by atoms with Gasteiger partial charge in [0.15, 0.2) is 6.67 Å². The molecule has 3 amide bonds. The Hall–Kier alpha value is -1.83. The van der Waals surface area contributed by atoms with Crippen LogP contribution in [0.5, 0.6) is 5.75 Å². The van der Waals surface area contributed by atoms with E-state index in [0.29, 0.717) is 18.3 Å². The van der Waals surface area contributed by atoms with Crippen molar-refractivity contribution in [3.63, 3.8) is 0 Å². The van der Waals surface area contributed by atoms with Gasteiger partial charge in [0, 0.05) is 5.02 Å². The molecule has 2 aliphatic heterocycles. The number of carbonyl (C=O) groups excluding carboxylic acids is 2. The summed E-state index contributed by atoms with van der Waals surface area (Å²) in [6.07, 6.45) is 4.77. The number of imide groups is 1. The van der Waals surface area contributed by atoms with Gasteiger partial charge in [-0.25, -0.2) is 9.69 Å². The number of hydrogen-bond donors (Lipinski definition) is 3. The molecule has 29 heavy (non-hydrogen) atoms. The maximum Gasteiger partial charge on any atom is 0.329 e. The first-order valence-corrected chi connectivity index (χ1v) is 11.1. The van der Waals surface area contributed by atoms with E-state index in [4.69, 9.17) is 16.3 Å². The number of carbonyl (C=O) groups is 2. The van der Waals surface area contributed by atoms with Crippen LogP contribution in [0, 0.1) is 0 Å². The van der Waals surface area contributed by atoms with E-state index in [0.717, 1.165) is 70.6 Å². The summed E-state index contributed by atoms with van der Waals surface area (Å²) in [6, 6.07) is 7.24. The summed E-state index contributed by atoms with van der Waals surface area (Å²) in [5, 5.41) is 3.72. The van der Waals surface area contributed by atoms with Crippen molar-refractivity contribution in [2.24, 2.45) is 0 Å². The summed E-state index contributed by atoms with van der Waals surface area (Å²) in [4.78, 5) is 29.7.